The van der Waals surface area contributed by atoms with E-state index in [0.29, 0.717) is 5.88 Å². The Morgan fingerprint density at radius 1 is 1.00 bits per heavy atom. The van der Waals surface area contributed by atoms with Gasteiger partial charge in [0.15, 0.2) is 0 Å². The third kappa shape index (κ3) is 2.10. The van der Waals surface area contributed by atoms with Crippen molar-refractivity contribution in [2.24, 2.45) is 0 Å². The molecular formula is C12H9ClF2. The van der Waals surface area contributed by atoms with Crippen LogP contribution in [0.25, 0.3) is 10.8 Å². The second kappa shape index (κ2) is 4.15. The highest BCUT2D eigenvalue weighted by Crippen LogP contribution is 2.24. The summed E-state index contributed by atoms with van der Waals surface area (Å²) in [5.41, 5.74) is 0.991. The zero-order valence-corrected chi connectivity index (χ0v) is 8.64. The van der Waals surface area contributed by atoms with Gasteiger partial charge in [0.05, 0.1) is 0 Å². The van der Waals surface area contributed by atoms with Gasteiger partial charge in [-0.2, -0.15) is 0 Å². The second-order valence-electron chi connectivity index (χ2n) is 3.38. The van der Waals surface area contributed by atoms with Crippen molar-refractivity contribution in [3.8, 4) is 0 Å². The topological polar surface area (TPSA) is 0 Å². The Labute approximate surface area is 91.5 Å². The van der Waals surface area contributed by atoms with Gasteiger partial charge in [0.2, 0.25) is 0 Å². The Balaban J connectivity index is 2.57. The fraction of sp³-hybridized carbons (Fsp3) is 0.167. The van der Waals surface area contributed by atoms with Gasteiger partial charge in [-0.1, -0.05) is 24.3 Å². The molecule has 0 aliphatic carbocycles. The van der Waals surface area contributed by atoms with Gasteiger partial charge in [-0.15, -0.1) is 11.6 Å². The average molecular weight is 227 g/mol. The Morgan fingerprint density at radius 3 is 2.40 bits per heavy atom. The van der Waals surface area contributed by atoms with Crippen LogP contribution in [0.15, 0.2) is 36.4 Å². The van der Waals surface area contributed by atoms with Crippen molar-refractivity contribution >= 4 is 22.4 Å². The molecule has 0 aromatic heterocycles. The van der Waals surface area contributed by atoms with E-state index in [0.717, 1.165) is 16.3 Å². The van der Waals surface area contributed by atoms with Crippen LogP contribution in [0.5, 0.6) is 0 Å². The van der Waals surface area contributed by atoms with Gasteiger partial charge in [0, 0.05) is 11.4 Å². The highest BCUT2D eigenvalue weighted by molar-refractivity contribution is 6.17. The average Bonchev–Trinajstić information content (AvgIpc) is 2.27. The van der Waals surface area contributed by atoms with Gasteiger partial charge in [-0.3, -0.25) is 0 Å². The molecule has 3 heteroatoms. The predicted molar refractivity (Wildman–Crippen MR) is 58.5 cm³/mol. The van der Waals surface area contributed by atoms with Crippen LogP contribution in [-0.2, 0) is 5.88 Å². The lowest BCUT2D eigenvalue weighted by Crippen LogP contribution is -1.85. The minimum Gasteiger partial charge on any atom is -0.205 e. The molecule has 0 fully saturated rings. The van der Waals surface area contributed by atoms with Crippen molar-refractivity contribution in [2.75, 3.05) is 0 Å². The van der Waals surface area contributed by atoms with Crippen LogP contribution < -0.4 is 0 Å². The molecular weight excluding hydrogens is 218 g/mol. The van der Waals surface area contributed by atoms with E-state index in [1.807, 2.05) is 18.2 Å². The quantitative estimate of drug-likeness (QED) is 0.661. The van der Waals surface area contributed by atoms with E-state index in [-0.39, 0.29) is 5.56 Å². The van der Waals surface area contributed by atoms with Gasteiger partial charge < -0.3 is 0 Å². The maximum absolute atomic E-state index is 12.5. The first-order valence-corrected chi connectivity index (χ1v) is 5.11. The van der Waals surface area contributed by atoms with Crippen LogP contribution in [0, 0.1) is 0 Å². The first kappa shape index (κ1) is 10.4. The summed E-state index contributed by atoms with van der Waals surface area (Å²) in [4.78, 5) is 0. The molecule has 0 aliphatic heterocycles. The van der Waals surface area contributed by atoms with Crippen molar-refractivity contribution in [2.45, 2.75) is 12.3 Å². The second-order valence-corrected chi connectivity index (χ2v) is 3.64. The van der Waals surface area contributed by atoms with Crippen LogP contribution in [0.2, 0.25) is 0 Å². The molecule has 0 heterocycles. The summed E-state index contributed by atoms with van der Waals surface area (Å²) in [6, 6.07) is 10.3. The fourth-order valence-electron chi connectivity index (χ4n) is 1.53. The molecule has 0 unspecified atom stereocenters. The van der Waals surface area contributed by atoms with Crippen molar-refractivity contribution in [3.05, 3.63) is 47.5 Å². The maximum Gasteiger partial charge on any atom is 0.263 e. The van der Waals surface area contributed by atoms with Gasteiger partial charge in [-0.05, 0) is 28.5 Å². The summed E-state index contributed by atoms with van der Waals surface area (Å²) in [6.45, 7) is 0. The number of halogens is 3. The lowest BCUT2D eigenvalue weighted by molar-refractivity contribution is 0.151. The van der Waals surface area contributed by atoms with E-state index in [9.17, 15) is 8.78 Å². The van der Waals surface area contributed by atoms with Crippen LogP contribution in [-0.4, -0.2) is 0 Å². The Hall–Kier alpha value is -1.15. The number of alkyl halides is 3. The third-order valence-corrected chi connectivity index (χ3v) is 2.64. The molecule has 0 saturated carbocycles. The molecule has 0 N–H and O–H groups in total. The van der Waals surface area contributed by atoms with E-state index >= 15 is 0 Å². The largest absolute Gasteiger partial charge is 0.263 e. The lowest BCUT2D eigenvalue weighted by atomic mass is 10.1. The molecule has 2 aromatic carbocycles. The standard InChI is InChI=1S/C12H9ClF2/c13-7-8-1-2-9-3-4-10(12(14)15)6-11(9)5-8/h1-6,12H,7H2. The first-order valence-electron chi connectivity index (χ1n) is 4.57. The van der Waals surface area contributed by atoms with E-state index in [1.54, 1.807) is 6.07 Å². The molecule has 0 radical (unpaired) electrons. The van der Waals surface area contributed by atoms with Crippen molar-refractivity contribution in [1.82, 2.24) is 0 Å². The zero-order chi connectivity index (χ0) is 10.8. The van der Waals surface area contributed by atoms with Crippen molar-refractivity contribution < 1.29 is 8.78 Å². The summed E-state index contributed by atoms with van der Waals surface area (Å²) in [7, 11) is 0. The monoisotopic (exact) mass is 226 g/mol. The highest BCUT2D eigenvalue weighted by Gasteiger charge is 2.07. The van der Waals surface area contributed by atoms with E-state index in [2.05, 4.69) is 0 Å². The molecule has 0 spiro atoms. The van der Waals surface area contributed by atoms with Crippen molar-refractivity contribution in [3.63, 3.8) is 0 Å². The SMILES string of the molecule is FC(F)c1ccc2ccc(CCl)cc2c1. The molecule has 0 atom stereocenters. The number of benzene rings is 2. The fourth-order valence-corrected chi connectivity index (χ4v) is 1.70. The molecule has 2 aromatic rings. The maximum atomic E-state index is 12.5. The molecule has 0 amide bonds. The lowest BCUT2D eigenvalue weighted by Gasteiger charge is -2.04. The summed E-state index contributed by atoms with van der Waals surface area (Å²) in [5.74, 6) is 0.398. The van der Waals surface area contributed by atoms with Crippen LogP contribution in [0.4, 0.5) is 8.78 Å². The molecule has 15 heavy (non-hydrogen) atoms. The Morgan fingerprint density at radius 2 is 1.73 bits per heavy atom. The first-order chi connectivity index (χ1) is 7.20. The third-order valence-electron chi connectivity index (χ3n) is 2.33. The number of fused-ring (bicyclic) bond motifs is 1. The van der Waals surface area contributed by atoms with Gasteiger partial charge in [0.1, 0.15) is 0 Å². The predicted octanol–water partition coefficient (Wildman–Crippen LogP) is 4.52. The van der Waals surface area contributed by atoms with E-state index in [1.165, 1.54) is 12.1 Å². The van der Waals surface area contributed by atoms with Crippen LogP contribution in [0.1, 0.15) is 17.6 Å². The van der Waals surface area contributed by atoms with Crippen LogP contribution in [0.3, 0.4) is 0 Å². The van der Waals surface area contributed by atoms with Gasteiger partial charge in [-0.25, -0.2) is 8.78 Å². The summed E-state index contributed by atoms with van der Waals surface area (Å²) in [5, 5.41) is 1.76. The summed E-state index contributed by atoms with van der Waals surface area (Å²) < 4.78 is 24.9. The zero-order valence-electron chi connectivity index (χ0n) is 7.88. The smallest absolute Gasteiger partial charge is 0.205 e. The van der Waals surface area contributed by atoms with Gasteiger partial charge >= 0.3 is 0 Å². The molecule has 0 saturated heterocycles. The minimum absolute atomic E-state index is 0.0502. The Kier molecular flexibility index (Phi) is 2.87. The minimum atomic E-state index is -2.42. The number of rotatable bonds is 2. The summed E-state index contributed by atoms with van der Waals surface area (Å²) in [6.07, 6.45) is -2.42. The van der Waals surface area contributed by atoms with Crippen LogP contribution >= 0.6 is 11.6 Å². The van der Waals surface area contributed by atoms with E-state index in [4.69, 9.17) is 11.6 Å². The number of hydrogen-bond acceptors (Lipinski definition) is 0. The molecule has 0 aliphatic rings. The highest BCUT2D eigenvalue weighted by atomic mass is 35.5. The molecule has 0 bridgehead atoms. The van der Waals surface area contributed by atoms with Crippen molar-refractivity contribution in [1.29, 1.82) is 0 Å². The number of hydrogen-bond donors (Lipinski definition) is 0. The normalized spacial score (nSPS) is 11.2. The molecule has 2 rings (SSSR count). The van der Waals surface area contributed by atoms with Gasteiger partial charge in [0.25, 0.3) is 6.43 Å². The molecule has 0 nitrogen and oxygen atoms in total. The summed E-state index contributed by atoms with van der Waals surface area (Å²) >= 11 is 5.68. The van der Waals surface area contributed by atoms with E-state index < -0.39 is 6.43 Å². The molecule has 78 valence electrons. The Bertz CT molecular complexity index is 480.